The number of nitrogens with one attached hydrogen (secondary N) is 1. The highest BCUT2D eigenvalue weighted by molar-refractivity contribution is 7.89. The summed E-state index contributed by atoms with van der Waals surface area (Å²) in [6.07, 6.45) is 1.34. The summed E-state index contributed by atoms with van der Waals surface area (Å²) in [5.74, 6) is -0.0214. The zero-order valence-electron chi connectivity index (χ0n) is 21.3. The minimum absolute atomic E-state index is 0.119. The summed E-state index contributed by atoms with van der Waals surface area (Å²) in [6, 6.07) is 23.4. The van der Waals surface area contributed by atoms with Crippen LogP contribution in [0.3, 0.4) is 0 Å². The maximum absolute atomic E-state index is 13.1. The smallest absolute Gasteiger partial charge is 0.251 e. The maximum atomic E-state index is 13.1. The molecule has 4 aromatic rings. The summed E-state index contributed by atoms with van der Waals surface area (Å²) >= 11 is 12.5. The van der Waals surface area contributed by atoms with Crippen LogP contribution >= 0.6 is 23.2 Å². The lowest BCUT2D eigenvalue weighted by Crippen LogP contribution is -2.38. The number of amides is 1. The quantitative estimate of drug-likeness (QED) is 0.297. The molecule has 1 aromatic heterocycles. The second-order valence-corrected chi connectivity index (χ2v) is 12.3. The number of nitrogens with zero attached hydrogens (tertiary/aromatic N) is 3. The van der Waals surface area contributed by atoms with Crippen LogP contribution in [0.1, 0.15) is 40.4 Å². The van der Waals surface area contributed by atoms with Gasteiger partial charge in [0.05, 0.1) is 17.1 Å². The highest BCUT2D eigenvalue weighted by Crippen LogP contribution is 2.34. The number of carbonyl (C=O) groups is 1. The van der Waals surface area contributed by atoms with Crippen molar-refractivity contribution < 1.29 is 13.2 Å². The fourth-order valence-electron chi connectivity index (χ4n) is 4.94. The Hall–Kier alpha value is -3.17. The van der Waals surface area contributed by atoms with E-state index in [0.29, 0.717) is 53.0 Å². The average molecular weight is 584 g/mol. The molecule has 3 aromatic carbocycles. The van der Waals surface area contributed by atoms with E-state index in [-0.39, 0.29) is 11.8 Å². The van der Waals surface area contributed by atoms with Gasteiger partial charge in [-0.25, -0.2) is 8.42 Å². The van der Waals surface area contributed by atoms with E-state index >= 15 is 0 Å². The van der Waals surface area contributed by atoms with Gasteiger partial charge in [0.25, 0.3) is 5.91 Å². The Balaban J connectivity index is 1.43. The minimum atomic E-state index is -3.54. The molecule has 1 saturated heterocycles. The van der Waals surface area contributed by atoms with E-state index < -0.39 is 10.0 Å². The predicted molar refractivity (Wildman–Crippen MR) is 154 cm³/mol. The van der Waals surface area contributed by atoms with Crippen LogP contribution in [0.2, 0.25) is 10.0 Å². The molecular weight excluding hydrogens is 555 g/mol. The van der Waals surface area contributed by atoms with Crippen LogP contribution in [0.5, 0.6) is 0 Å². The molecule has 1 fully saturated rings. The van der Waals surface area contributed by atoms with Crippen LogP contribution in [0.25, 0.3) is 11.3 Å². The van der Waals surface area contributed by atoms with Crippen molar-refractivity contribution in [3.05, 3.63) is 106 Å². The van der Waals surface area contributed by atoms with Gasteiger partial charge in [-0.15, -0.1) is 0 Å². The first-order valence-electron chi connectivity index (χ1n) is 12.6. The van der Waals surface area contributed by atoms with Crippen molar-refractivity contribution in [1.82, 2.24) is 19.4 Å². The monoisotopic (exact) mass is 582 g/mol. The number of benzene rings is 3. The van der Waals surface area contributed by atoms with Crippen molar-refractivity contribution in [2.24, 2.45) is 0 Å². The summed E-state index contributed by atoms with van der Waals surface area (Å²) in [6.45, 7) is 1.35. The molecule has 0 bridgehead atoms. The molecule has 10 heteroatoms. The van der Waals surface area contributed by atoms with Gasteiger partial charge in [0, 0.05) is 52.9 Å². The number of sulfonamides is 1. The van der Waals surface area contributed by atoms with E-state index in [2.05, 4.69) is 5.32 Å². The molecule has 0 spiro atoms. The molecule has 1 N–H and O–H groups in total. The van der Waals surface area contributed by atoms with Crippen LogP contribution in [-0.2, 0) is 16.6 Å². The highest BCUT2D eigenvalue weighted by Gasteiger charge is 2.31. The molecule has 7 nitrogen and oxygen atoms in total. The van der Waals surface area contributed by atoms with Crippen LogP contribution in [0, 0.1) is 0 Å². The fraction of sp³-hybridized carbons (Fsp3) is 0.241. The van der Waals surface area contributed by atoms with E-state index in [1.165, 1.54) is 0 Å². The topological polar surface area (TPSA) is 84.3 Å². The Morgan fingerprint density at radius 3 is 2.21 bits per heavy atom. The first kappa shape index (κ1) is 27.4. The van der Waals surface area contributed by atoms with Gasteiger partial charge in [-0.2, -0.15) is 9.40 Å². The van der Waals surface area contributed by atoms with Crippen LogP contribution < -0.4 is 5.32 Å². The van der Waals surface area contributed by atoms with E-state index in [0.717, 1.165) is 22.5 Å². The lowest BCUT2D eigenvalue weighted by molar-refractivity contribution is 0.0963. The number of halogens is 2. The third-order valence-corrected chi connectivity index (χ3v) is 9.35. The SMILES string of the molecule is CNC(=O)c1ccc(Cn2nc(-c3cc(Cl)cc(Cl)c3)cc2C2CCN(S(=O)(=O)c3ccccc3)CC2)cc1. The molecule has 0 aliphatic carbocycles. The van der Waals surface area contributed by atoms with Gasteiger partial charge in [0.1, 0.15) is 0 Å². The van der Waals surface area contributed by atoms with Gasteiger partial charge >= 0.3 is 0 Å². The standard InChI is InChI=1S/C29H28Cl2N4O3S/c1-32-29(36)22-9-7-20(8-10-22)19-35-28(18-27(33-35)23-15-24(30)17-25(31)16-23)21-11-13-34(14-12-21)39(37,38)26-5-3-2-4-6-26/h2-10,15-18,21H,11-14,19H2,1H3,(H,32,36). The van der Waals surface area contributed by atoms with Crippen molar-refractivity contribution in [3.63, 3.8) is 0 Å². The zero-order chi connectivity index (χ0) is 27.6. The van der Waals surface area contributed by atoms with E-state index in [4.69, 9.17) is 28.3 Å². The predicted octanol–water partition coefficient (Wildman–Crippen LogP) is 5.83. The fourth-order valence-corrected chi connectivity index (χ4v) is 6.96. The van der Waals surface area contributed by atoms with Gasteiger partial charge in [-0.1, -0.05) is 53.5 Å². The molecule has 1 amide bonds. The van der Waals surface area contributed by atoms with Gasteiger partial charge in [-0.3, -0.25) is 9.48 Å². The van der Waals surface area contributed by atoms with Crippen LogP contribution in [0.4, 0.5) is 0 Å². The lowest BCUT2D eigenvalue weighted by atomic mass is 9.93. The van der Waals surface area contributed by atoms with Crippen molar-refractivity contribution in [2.45, 2.75) is 30.2 Å². The first-order valence-corrected chi connectivity index (χ1v) is 14.8. The summed E-state index contributed by atoms with van der Waals surface area (Å²) < 4.78 is 29.8. The molecule has 0 saturated carbocycles. The van der Waals surface area contributed by atoms with Crippen molar-refractivity contribution in [1.29, 1.82) is 0 Å². The summed E-state index contributed by atoms with van der Waals surface area (Å²) in [5.41, 5.74) is 4.16. The van der Waals surface area contributed by atoms with E-state index in [1.54, 1.807) is 53.8 Å². The summed E-state index contributed by atoms with van der Waals surface area (Å²) in [5, 5.41) is 8.59. The second-order valence-electron chi connectivity index (χ2n) is 9.54. The maximum Gasteiger partial charge on any atom is 0.251 e. The van der Waals surface area contributed by atoms with Crippen molar-refractivity contribution >= 4 is 39.1 Å². The molecule has 0 radical (unpaired) electrons. The molecule has 1 aliphatic rings. The van der Waals surface area contributed by atoms with Gasteiger partial charge in [0.2, 0.25) is 10.0 Å². The number of aromatic nitrogens is 2. The van der Waals surface area contributed by atoms with Crippen LogP contribution in [0.15, 0.2) is 83.8 Å². The van der Waals surface area contributed by atoms with Gasteiger partial charge in [-0.05, 0) is 66.9 Å². The highest BCUT2D eigenvalue weighted by atomic mass is 35.5. The van der Waals surface area contributed by atoms with Crippen LogP contribution in [-0.4, -0.2) is 48.5 Å². The third-order valence-electron chi connectivity index (χ3n) is 7.00. The minimum Gasteiger partial charge on any atom is -0.355 e. The van der Waals surface area contributed by atoms with Gasteiger partial charge < -0.3 is 5.32 Å². The molecule has 0 unspecified atom stereocenters. The molecular formula is C29H28Cl2N4O3S. The Bertz CT molecular complexity index is 1560. The summed E-state index contributed by atoms with van der Waals surface area (Å²) in [7, 11) is -1.93. The van der Waals surface area contributed by atoms with Crippen molar-refractivity contribution in [3.8, 4) is 11.3 Å². The number of hydrogen-bond acceptors (Lipinski definition) is 4. The number of piperidine rings is 1. The third kappa shape index (κ3) is 6.04. The number of hydrogen-bond donors (Lipinski definition) is 1. The second kappa shape index (κ2) is 11.5. The van der Waals surface area contributed by atoms with Gasteiger partial charge in [0.15, 0.2) is 0 Å². The lowest BCUT2D eigenvalue weighted by Gasteiger charge is -2.31. The van der Waals surface area contributed by atoms with E-state index in [9.17, 15) is 13.2 Å². The normalized spacial score (nSPS) is 14.8. The van der Waals surface area contributed by atoms with E-state index in [1.807, 2.05) is 41.1 Å². The zero-order valence-corrected chi connectivity index (χ0v) is 23.7. The first-order chi connectivity index (χ1) is 18.7. The van der Waals surface area contributed by atoms with Crippen molar-refractivity contribution in [2.75, 3.05) is 20.1 Å². The molecule has 5 rings (SSSR count). The Morgan fingerprint density at radius 1 is 0.949 bits per heavy atom. The molecule has 202 valence electrons. The average Bonchev–Trinajstić information content (AvgIpc) is 3.37. The Labute approximate surface area is 238 Å². The molecule has 2 heterocycles. The summed E-state index contributed by atoms with van der Waals surface area (Å²) in [4.78, 5) is 12.3. The largest absolute Gasteiger partial charge is 0.355 e. The Kier molecular flexibility index (Phi) is 8.09. The number of carbonyl (C=O) groups excluding carboxylic acids is 1. The molecule has 0 atom stereocenters. The molecule has 1 aliphatic heterocycles. The Morgan fingerprint density at radius 2 is 1.59 bits per heavy atom. The number of rotatable bonds is 7. The molecule has 39 heavy (non-hydrogen) atoms.